The molecule has 140 valence electrons. The molecule has 2 heterocycles. The summed E-state index contributed by atoms with van der Waals surface area (Å²) in [5, 5.41) is 14.0. The Morgan fingerprint density at radius 2 is 1.71 bits per heavy atom. The quantitative estimate of drug-likeness (QED) is 0.838. The number of aromatic hydroxyl groups is 1. The number of nitrogens with one attached hydrogen (secondary N) is 1. The summed E-state index contributed by atoms with van der Waals surface area (Å²) in [5.74, 6) is 1.74. The smallest absolute Gasteiger partial charge is 0.249 e. The van der Waals surface area contributed by atoms with Crippen molar-refractivity contribution < 1.29 is 9.84 Å². The second-order valence-corrected chi connectivity index (χ2v) is 7.97. The van der Waals surface area contributed by atoms with Crippen LogP contribution in [-0.2, 0) is 4.74 Å². The molecule has 2 N–H and O–H groups in total. The average molecular weight is 389 g/mol. The molecule has 2 aliphatic heterocycles. The summed E-state index contributed by atoms with van der Waals surface area (Å²) in [6.45, 7) is 0. The number of allylic oxidation sites excluding steroid dienone is 3. The molecular formula is C22H19N3O2S. The third-order valence-corrected chi connectivity index (χ3v) is 6.42. The summed E-state index contributed by atoms with van der Waals surface area (Å²) in [4.78, 5) is 10.4. The van der Waals surface area contributed by atoms with E-state index in [2.05, 4.69) is 57.8 Å². The van der Waals surface area contributed by atoms with Gasteiger partial charge in [0.15, 0.2) is 0 Å². The van der Waals surface area contributed by atoms with E-state index >= 15 is 0 Å². The molecule has 0 aromatic heterocycles. The fourth-order valence-corrected chi connectivity index (χ4v) is 5.15. The van der Waals surface area contributed by atoms with Crippen LogP contribution >= 0.6 is 11.8 Å². The standard InChI is InChI=1S/C22H19N3O2S/c1-27-22-24-20(13-7-2-4-10-16(13)26)23-21(25-22)15-9-6-12-18-19(15)14-8-3-5-11-17(14)28-18/h2-12,14,17,22,26H,1H3,(H,23,24,25). The van der Waals surface area contributed by atoms with Gasteiger partial charge >= 0.3 is 0 Å². The van der Waals surface area contributed by atoms with E-state index in [9.17, 15) is 5.11 Å². The number of aliphatic imine (C=N–C) groups is 2. The van der Waals surface area contributed by atoms with Crippen LogP contribution in [0.25, 0.3) is 0 Å². The van der Waals surface area contributed by atoms with Crippen LogP contribution in [0.1, 0.15) is 22.6 Å². The summed E-state index contributed by atoms with van der Waals surface area (Å²) in [7, 11) is 1.58. The second-order valence-electron chi connectivity index (χ2n) is 6.75. The highest BCUT2D eigenvalue weighted by Gasteiger charge is 2.34. The lowest BCUT2D eigenvalue weighted by Gasteiger charge is -2.24. The molecular weight excluding hydrogens is 370 g/mol. The molecule has 28 heavy (non-hydrogen) atoms. The van der Waals surface area contributed by atoms with Crippen molar-refractivity contribution >= 4 is 23.4 Å². The maximum absolute atomic E-state index is 10.3. The molecule has 3 aliphatic rings. The number of ether oxygens (including phenoxy) is 1. The molecule has 0 radical (unpaired) electrons. The minimum Gasteiger partial charge on any atom is -0.507 e. The second kappa shape index (κ2) is 6.96. The van der Waals surface area contributed by atoms with Gasteiger partial charge in [-0.3, -0.25) is 0 Å². The molecule has 0 spiro atoms. The van der Waals surface area contributed by atoms with E-state index in [4.69, 9.17) is 4.74 Å². The van der Waals surface area contributed by atoms with Crippen LogP contribution in [0.5, 0.6) is 5.75 Å². The number of phenolic OH excluding ortho intramolecular Hbond substituents is 1. The Labute approximate surface area is 167 Å². The van der Waals surface area contributed by atoms with E-state index in [0.29, 0.717) is 28.4 Å². The van der Waals surface area contributed by atoms with Crippen molar-refractivity contribution in [1.29, 1.82) is 0 Å². The Balaban J connectivity index is 1.57. The van der Waals surface area contributed by atoms with E-state index < -0.39 is 6.35 Å². The first kappa shape index (κ1) is 17.3. The fraction of sp³-hybridized carbons (Fsp3) is 0.182. The molecule has 3 unspecified atom stereocenters. The minimum absolute atomic E-state index is 0.166. The van der Waals surface area contributed by atoms with Crippen molar-refractivity contribution in [2.45, 2.75) is 22.4 Å². The molecule has 0 amide bonds. The monoisotopic (exact) mass is 389 g/mol. The molecule has 0 saturated heterocycles. The van der Waals surface area contributed by atoms with Crippen LogP contribution in [0.3, 0.4) is 0 Å². The Bertz CT molecular complexity index is 1060. The van der Waals surface area contributed by atoms with Crippen LogP contribution in [-0.4, -0.2) is 35.5 Å². The van der Waals surface area contributed by atoms with Crippen molar-refractivity contribution in [1.82, 2.24) is 5.32 Å². The summed E-state index contributed by atoms with van der Waals surface area (Å²) >= 11 is 1.88. The molecule has 3 atom stereocenters. The molecule has 0 saturated carbocycles. The van der Waals surface area contributed by atoms with E-state index in [1.807, 2.05) is 23.9 Å². The Morgan fingerprint density at radius 3 is 2.54 bits per heavy atom. The van der Waals surface area contributed by atoms with Crippen molar-refractivity contribution in [2.75, 3.05) is 7.11 Å². The number of amidine groups is 2. The lowest BCUT2D eigenvalue weighted by Crippen LogP contribution is -2.38. The highest BCUT2D eigenvalue weighted by Crippen LogP contribution is 2.49. The van der Waals surface area contributed by atoms with E-state index in [1.165, 1.54) is 10.5 Å². The first-order valence-corrected chi connectivity index (χ1v) is 10.0. The molecule has 1 aliphatic carbocycles. The average Bonchev–Trinajstić information content (AvgIpc) is 3.12. The number of fused-ring (bicyclic) bond motifs is 3. The normalized spacial score (nSPS) is 24.8. The summed E-state index contributed by atoms with van der Waals surface area (Å²) < 4.78 is 5.43. The fourth-order valence-electron chi connectivity index (χ4n) is 3.78. The number of hydrogen-bond donors (Lipinski definition) is 2. The number of benzene rings is 2. The number of para-hydroxylation sites is 1. The van der Waals surface area contributed by atoms with Crippen LogP contribution in [0.4, 0.5) is 0 Å². The maximum atomic E-state index is 10.3. The van der Waals surface area contributed by atoms with Gasteiger partial charge in [0, 0.05) is 28.7 Å². The third kappa shape index (κ3) is 2.85. The Kier molecular flexibility index (Phi) is 4.30. The zero-order chi connectivity index (χ0) is 19.1. The molecule has 2 aromatic rings. The van der Waals surface area contributed by atoms with Crippen LogP contribution in [0.15, 0.2) is 81.6 Å². The largest absolute Gasteiger partial charge is 0.507 e. The van der Waals surface area contributed by atoms with Crippen molar-refractivity contribution in [2.24, 2.45) is 9.98 Å². The molecule has 0 bridgehead atoms. The predicted molar refractivity (Wildman–Crippen MR) is 112 cm³/mol. The first-order valence-electron chi connectivity index (χ1n) is 9.13. The zero-order valence-corrected chi connectivity index (χ0v) is 16.1. The highest BCUT2D eigenvalue weighted by molar-refractivity contribution is 8.00. The minimum atomic E-state index is -0.659. The SMILES string of the molecule is COC1N=C(c2ccccc2O)NC(c2cccc3c2C2C=CC=CC2S3)=N1. The molecule has 0 fully saturated rings. The van der Waals surface area contributed by atoms with Crippen molar-refractivity contribution in [3.8, 4) is 5.75 Å². The van der Waals surface area contributed by atoms with Gasteiger partial charge in [-0.1, -0.05) is 48.6 Å². The van der Waals surface area contributed by atoms with Crippen LogP contribution in [0.2, 0.25) is 0 Å². The van der Waals surface area contributed by atoms with Crippen molar-refractivity contribution in [3.63, 3.8) is 0 Å². The summed E-state index contributed by atoms with van der Waals surface area (Å²) in [5.41, 5.74) is 2.94. The van der Waals surface area contributed by atoms with E-state index in [0.717, 1.165) is 5.56 Å². The number of rotatable bonds is 3. The summed E-state index contributed by atoms with van der Waals surface area (Å²) in [6.07, 6.45) is 8.06. The predicted octanol–water partition coefficient (Wildman–Crippen LogP) is 3.80. The van der Waals surface area contributed by atoms with Gasteiger partial charge in [-0.25, -0.2) is 9.98 Å². The maximum Gasteiger partial charge on any atom is 0.249 e. The van der Waals surface area contributed by atoms with Crippen LogP contribution in [0, 0.1) is 0 Å². The van der Waals surface area contributed by atoms with Gasteiger partial charge in [-0.2, -0.15) is 0 Å². The topological polar surface area (TPSA) is 66.2 Å². The molecule has 5 nitrogen and oxygen atoms in total. The Hall–Kier alpha value is -2.83. The van der Waals surface area contributed by atoms with Crippen molar-refractivity contribution in [3.05, 3.63) is 83.5 Å². The molecule has 2 aromatic carbocycles. The van der Waals surface area contributed by atoms with Gasteiger partial charge in [0.2, 0.25) is 6.35 Å². The highest BCUT2D eigenvalue weighted by atomic mass is 32.2. The van der Waals surface area contributed by atoms with Gasteiger partial charge in [-0.05, 0) is 23.8 Å². The van der Waals surface area contributed by atoms with Gasteiger partial charge in [0.05, 0.1) is 5.56 Å². The number of hydrogen-bond acceptors (Lipinski definition) is 6. The number of nitrogens with zero attached hydrogens (tertiary/aromatic N) is 2. The lowest BCUT2D eigenvalue weighted by molar-refractivity contribution is 0.117. The van der Waals surface area contributed by atoms with E-state index in [-0.39, 0.29) is 5.75 Å². The van der Waals surface area contributed by atoms with Gasteiger partial charge in [-0.15, -0.1) is 11.8 Å². The molecule has 6 heteroatoms. The number of methoxy groups -OCH3 is 1. The summed E-state index contributed by atoms with van der Waals surface area (Å²) in [6, 6.07) is 13.4. The zero-order valence-electron chi connectivity index (χ0n) is 15.2. The molecule has 5 rings (SSSR count). The number of thioether (sulfide) groups is 1. The van der Waals surface area contributed by atoms with Gasteiger partial charge in [0.1, 0.15) is 17.4 Å². The van der Waals surface area contributed by atoms with E-state index in [1.54, 1.807) is 19.2 Å². The number of phenols is 1. The van der Waals surface area contributed by atoms with Gasteiger partial charge < -0.3 is 15.2 Å². The Morgan fingerprint density at radius 1 is 0.964 bits per heavy atom. The third-order valence-electron chi connectivity index (χ3n) is 5.09. The van der Waals surface area contributed by atoms with Crippen LogP contribution < -0.4 is 5.32 Å². The lowest BCUT2D eigenvalue weighted by atomic mass is 9.88. The first-order chi connectivity index (χ1) is 13.7. The van der Waals surface area contributed by atoms with Gasteiger partial charge in [0.25, 0.3) is 0 Å².